The average molecular weight is 2310 g/mol. The maximum absolute atomic E-state index is 14.4. The van der Waals surface area contributed by atoms with Gasteiger partial charge in [0.25, 0.3) is 0 Å². The molecule has 3 heterocycles. The van der Waals surface area contributed by atoms with E-state index in [9.17, 15) is 4.39 Å². The number of rotatable bonds is 8. The Kier molecular flexibility index (Phi) is 53.3. The summed E-state index contributed by atoms with van der Waals surface area (Å²) in [7, 11) is 42.2. The van der Waals surface area contributed by atoms with Gasteiger partial charge in [0.05, 0.1) is 32.3 Å². The molecule has 18 aliphatic carbocycles. The minimum absolute atomic E-state index is 0. The summed E-state index contributed by atoms with van der Waals surface area (Å²) in [6.07, 6.45) is 73.9. The van der Waals surface area contributed by atoms with Gasteiger partial charge in [-0.15, -0.1) is 0 Å². The first-order valence-electron chi connectivity index (χ1n) is 52.0. The van der Waals surface area contributed by atoms with Crippen molar-refractivity contribution in [3.05, 3.63) is 59.4 Å². The van der Waals surface area contributed by atoms with E-state index >= 15 is 0 Å². The van der Waals surface area contributed by atoms with E-state index in [1.165, 1.54) is 118 Å². The fraction of sp³-hybridized carbons (Fsp3) is 0.925. The van der Waals surface area contributed by atoms with Crippen molar-refractivity contribution in [2.45, 2.75) is 468 Å². The first-order chi connectivity index (χ1) is 57.3. The second-order valence-corrected chi connectivity index (χ2v) is 83.9. The standard InChI is InChI=1S/C32H55NSi.C24H43NSi.C23H40FNSi.C20H36Si.8CH3.8ClH.4Zr/c1-20-17-18-28-27(19-20)29-23-13-7-10-16-26(23)32(30(29)33(28)2)34(3,4)31-24-14-8-5-11-21(24)22-12-6-9-15-25(22)31;1-16-13-14-21-20(15-16)22-18-11-7-8-12-19(18)24(23(22)25(21)2)26(3,4)17-9-5-6-10-17;1-25-20-13-12-15(24)14-19(20)21-17-10-6-7-11-18(17)23(22(21)25)26(2,3)16-8-4-5-9-16;1-21(2,19-13-11-15-7-3-5-9-17(15)19)20-14-12-16-8-4-6-10-18(16)20;;;;;;;;;;;;;;;;;;;;/h20-32H,5-19H2,1-4H3;16-24H,5-15H2,1-4H3;15-23H,4-14H2,1-3H3;15-20H,3-14H2,1-2H3;8*1H3;8*1H;;;;/q;;;;8*-1;;;;;;;;;4*+4/p-8. The maximum atomic E-state index is 14.4. The van der Waals surface area contributed by atoms with Crippen molar-refractivity contribution in [3.8, 4) is 0 Å². The zero-order chi connectivity index (χ0) is 84.6. The van der Waals surface area contributed by atoms with E-state index in [0.29, 0.717) is 12.0 Å². The monoisotopic (exact) mass is 2300 g/mol. The van der Waals surface area contributed by atoms with Crippen LogP contribution in [-0.4, -0.2) is 111 Å². The third-order valence-electron chi connectivity index (χ3n) is 43.3. The summed E-state index contributed by atoms with van der Waals surface area (Å²) in [6.45, 7) is 28.0. The van der Waals surface area contributed by atoms with Crippen LogP contribution in [-0.2, 0) is 83.4 Å². The number of hydrogen-bond donors (Lipinski definition) is 0. The third-order valence-corrected chi connectivity index (χ3v) is 64.0. The Bertz CT molecular complexity index is 2940. The van der Waals surface area contributed by atoms with Gasteiger partial charge >= 0.3 is 151 Å². The van der Waals surface area contributed by atoms with Gasteiger partial charge in [0.2, 0.25) is 0 Å². The molecule has 21 rings (SSSR count). The summed E-state index contributed by atoms with van der Waals surface area (Å²) in [5.41, 5.74) is 9.01. The van der Waals surface area contributed by atoms with E-state index in [1.807, 2.05) is 0 Å². The molecule has 3 aliphatic heterocycles. The topological polar surface area (TPSA) is 9.72 Å². The third kappa shape index (κ3) is 25.3. The molecule has 0 bridgehead atoms. The van der Waals surface area contributed by atoms with Crippen LogP contribution in [0.4, 0.5) is 4.39 Å². The Morgan fingerprint density at radius 3 is 0.780 bits per heavy atom. The van der Waals surface area contributed by atoms with Crippen LogP contribution in [0.15, 0.2) is 0 Å². The number of halogens is 9. The summed E-state index contributed by atoms with van der Waals surface area (Å²) in [5, 5.41) is 0. The second-order valence-electron chi connectivity index (χ2n) is 48.6. The van der Waals surface area contributed by atoms with Crippen molar-refractivity contribution >= 4 is 100 Å². The van der Waals surface area contributed by atoms with Gasteiger partial charge in [-0.1, -0.05) is 291 Å². The first kappa shape index (κ1) is 122. The van der Waals surface area contributed by atoms with Crippen molar-refractivity contribution in [1.29, 1.82) is 0 Å². The van der Waals surface area contributed by atoms with E-state index in [2.05, 4.69) is 102 Å². The Morgan fingerprint density at radius 2 is 0.472 bits per heavy atom. The van der Waals surface area contributed by atoms with Gasteiger partial charge in [0.1, 0.15) is 6.17 Å². The summed E-state index contributed by atoms with van der Waals surface area (Å²) in [4.78, 5) is 8.94. The van der Waals surface area contributed by atoms with Crippen LogP contribution in [0.2, 0.25) is 96.7 Å². The van der Waals surface area contributed by atoms with Gasteiger partial charge in [-0.2, -0.15) is 0 Å². The molecular weight excluding hydrogens is 2110 g/mol. The summed E-state index contributed by atoms with van der Waals surface area (Å²) >= 11 is -3.30. The first-order valence-corrected chi connectivity index (χ1v) is 89.9. The van der Waals surface area contributed by atoms with Gasteiger partial charge in [-0.3, -0.25) is 14.7 Å². The van der Waals surface area contributed by atoms with Crippen LogP contribution in [0.25, 0.3) is 0 Å². The average Bonchev–Trinajstić information content (AvgIpc) is 1.54. The van der Waals surface area contributed by atoms with Crippen LogP contribution in [0, 0.1) is 190 Å². The summed E-state index contributed by atoms with van der Waals surface area (Å²) < 4.78 is 14.4. The second kappa shape index (κ2) is 55.3. The van der Waals surface area contributed by atoms with Crippen LogP contribution < -0.4 is 0 Å². The van der Waals surface area contributed by atoms with Crippen LogP contribution in [0.3, 0.4) is 0 Å². The Labute approximate surface area is 870 Å². The van der Waals surface area contributed by atoms with Crippen LogP contribution in [0.1, 0.15) is 328 Å². The van der Waals surface area contributed by atoms with Crippen molar-refractivity contribution in [1.82, 2.24) is 14.7 Å². The van der Waals surface area contributed by atoms with Crippen LogP contribution >= 0.6 is 68.1 Å². The molecule has 0 N–H and O–H groups in total. The normalized spacial score (nSPS) is 43.3. The molecule has 34 unspecified atom stereocenters. The molecule has 0 aromatic carbocycles. The van der Waals surface area contributed by atoms with E-state index in [0.717, 1.165) is 190 Å². The van der Waals surface area contributed by atoms with Crippen LogP contribution in [0.5, 0.6) is 0 Å². The Balaban J connectivity index is 0.000000248. The minimum atomic E-state index is -1.41. The molecule has 18 saturated carbocycles. The molecule has 127 heavy (non-hydrogen) atoms. The van der Waals surface area contributed by atoms with Crippen molar-refractivity contribution < 1.29 is 87.8 Å². The number of hydrogen-bond acceptors (Lipinski definition) is 3. The fourth-order valence-electron chi connectivity index (χ4n) is 39.7. The molecule has 0 amide bonds. The SMILES string of the molecule is CC1CCC2C(C1)C1C3CCCCC3C([Si](C)(C)C3C4CCCCC4C4CCCCC43)C1N2C.CC1CCC2C(C1)C1C3CCCCC3C([Si](C)(C)C3CCCC3)C1N2C.CN1C2CCC(F)CC2C2C3CCCCC3C([Si](C)(C)C3CCCC3)C21.C[Si](C)(C1CCC2CCCCC21)C1CCC2CCCCC21.[CH3-].[CH3-].[CH3-].[CH3-].[CH3-].[CH3-].[CH3-].[CH3-].[Cl][Zr+2][Cl].[Cl][Zr+2][Cl].[Cl][Zr+2][Cl].[Cl][Zr+2][Cl]. The number of likely N-dealkylation sites (tertiary alicyclic amines) is 3. The molecule has 20 heteroatoms. The summed E-state index contributed by atoms with van der Waals surface area (Å²) in [5.74, 6) is 23.3. The number of alkyl halides is 1. The molecule has 21 fully saturated rings. The van der Waals surface area contributed by atoms with Gasteiger partial charge in [-0.25, -0.2) is 4.39 Å². The molecular formula is C107H198Cl8FN3Si4Zr4. The van der Waals surface area contributed by atoms with Gasteiger partial charge in [-0.05, 0) is 286 Å². The molecule has 0 radical (unpaired) electrons. The molecule has 736 valence electrons. The molecule has 0 aromatic rings. The molecule has 34 atom stereocenters. The summed E-state index contributed by atoms with van der Waals surface area (Å²) in [6, 6.07) is 5.35. The van der Waals surface area contributed by atoms with E-state index < -0.39 is 122 Å². The quantitative estimate of drug-likeness (QED) is 0.177. The van der Waals surface area contributed by atoms with Gasteiger partial charge in [0, 0.05) is 36.3 Å². The van der Waals surface area contributed by atoms with Crippen molar-refractivity contribution in [3.63, 3.8) is 0 Å². The van der Waals surface area contributed by atoms with E-state index in [-0.39, 0.29) is 59.4 Å². The van der Waals surface area contributed by atoms with E-state index in [4.69, 9.17) is 68.1 Å². The van der Waals surface area contributed by atoms with E-state index in [1.54, 1.807) is 205 Å². The van der Waals surface area contributed by atoms with Gasteiger partial charge in [0.15, 0.2) is 0 Å². The Morgan fingerprint density at radius 1 is 0.236 bits per heavy atom. The van der Waals surface area contributed by atoms with Gasteiger partial charge < -0.3 is 59.4 Å². The molecule has 3 nitrogen and oxygen atoms in total. The number of fused-ring (bicyclic) bond motifs is 20. The molecule has 0 aromatic heterocycles. The predicted molar refractivity (Wildman–Crippen MR) is 563 cm³/mol. The molecule has 3 saturated heterocycles. The number of nitrogens with zero attached hydrogens (tertiary/aromatic N) is 3. The van der Waals surface area contributed by atoms with Crippen molar-refractivity contribution in [2.24, 2.45) is 130 Å². The molecule has 21 aliphatic rings. The fourth-order valence-corrected chi connectivity index (χ4v) is 62.0. The van der Waals surface area contributed by atoms with Crippen molar-refractivity contribution in [2.75, 3.05) is 21.1 Å². The Hall–Kier alpha value is 6.53. The predicted octanol–water partition coefficient (Wildman–Crippen LogP) is 37.2. The zero-order valence-electron chi connectivity index (χ0n) is 85.8. The molecule has 0 spiro atoms. The zero-order valence-corrected chi connectivity index (χ0v) is 106.